The Morgan fingerprint density at radius 1 is 0.781 bits per heavy atom. The molecule has 1 saturated heterocycles. The van der Waals surface area contributed by atoms with Gasteiger partial charge in [-0.3, -0.25) is 4.79 Å². The number of hydrogen-bond donors (Lipinski definition) is 0. The van der Waals surface area contributed by atoms with Crippen molar-refractivity contribution in [1.82, 2.24) is 13.8 Å². The molecule has 32 heavy (non-hydrogen) atoms. The van der Waals surface area contributed by atoms with Gasteiger partial charge >= 0.3 is 0 Å². The predicted molar refractivity (Wildman–Crippen MR) is 126 cm³/mol. The van der Waals surface area contributed by atoms with E-state index in [1.54, 1.807) is 11.0 Å². The van der Waals surface area contributed by atoms with Gasteiger partial charge in [-0.1, -0.05) is 17.7 Å². The van der Waals surface area contributed by atoms with Gasteiger partial charge in [0.1, 0.15) is 0 Å². The summed E-state index contributed by atoms with van der Waals surface area (Å²) < 4.78 is 29.8. The largest absolute Gasteiger partial charge is 0.336 e. The summed E-state index contributed by atoms with van der Waals surface area (Å²) in [6.45, 7) is 9.21. The molecule has 0 spiro atoms. The molecule has 7 heteroatoms. The predicted octanol–water partition coefficient (Wildman–Crippen LogP) is 3.86. The second kappa shape index (κ2) is 8.56. The summed E-state index contributed by atoms with van der Waals surface area (Å²) in [5, 5.41) is 0. The van der Waals surface area contributed by atoms with Gasteiger partial charge in [0.25, 0.3) is 5.91 Å². The van der Waals surface area contributed by atoms with Crippen LogP contribution in [0.3, 0.4) is 0 Å². The molecule has 1 aliphatic heterocycles. The molecule has 3 aromatic rings. The van der Waals surface area contributed by atoms with Crippen LogP contribution in [0.1, 0.15) is 32.9 Å². The summed E-state index contributed by atoms with van der Waals surface area (Å²) in [5.41, 5.74) is 5.69. The van der Waals surface area contributed by atoms with E-state index in [1.165, 1.54) is 4.31 Å². The summed E-state index contributed by atoms with van der Waals surface area (Å²) in [7, 11) is -3.57. The highest BCUT2D eigenvalue weighted by Gasteiger charge is 2.31. The van der Waals surface area contributed by atoms with Crippen molar-refractivity contribution in [3.05, 3.63) is 82.7 Å². The Balaban J connectivity index is 1.44. The third-order valence-corrected chi connectivity index (χ3v) is 8.18. The number of amides is 1. The first kappa shape index (κ1) is 22.3. The van der Waals surface area contributed by atoms with Crippen LogP contribution >= 0.6 is 0 Å². The third kappa shape index (κ3) is 4.10. The Kier molecular flexibility index (Phi) is 5.97. The average molecular weight is 452 g/mol. The van der Waals surface area contributed by atoms with Crippen molar-refractivity contribution < 1.29 is 13.2 Å². The zero-order chi connectivity index (χ0) is 23.0. The molecule has 0 saturated carbocycles. The fourth-order valence-corrected chi connectivity index (χ4v) is 6.00. The van der Waals surface area contributed by atoms with Crippen LogP contribution in [0.2, 0.25) is 0 Å². The van der Waals surface area contributed by atoms with Gasteiger partial charge in [-0.25, -0.2) is 8.42 Å². The molecule has 2 aromatic carbocycles. The Hall–Kier alpha value is -2.90. The highest BCUT2D eigenvalue weighted by atomic mass is 32.2. The Morgan fingerprint density at radius 2 is 1.38 bits per heavy atom. The molecule has 0 radical (unpaired) electrons. The zero-order valence-corrected chi connectivity index (χ0v) is 19.8. The minimum Gasteiger partial charge on any atom is -0.336 e. The number of piperazine rings is 1. The molecule has 0 aliphatic carbocycles. The van der Waals surface area contributed by atoms with Gasteiger partial charge in [-0.15, -0.1) is 0 Å². The Morgan fingerprint density at radius 3 is 1.94 bits per heavy atom. The van der Waals surface area contributed by atoms with E-state index in [1.807, 2.05) is 50.2 Å². The van der Waals surface area contributed by atoms with Gasteiger partial charge in [-0.2, -0.15) is 4.31 Å². The molecule has 1 fully saturated rings. The van der Waals surface area contributed by atoms with Crippen molar-refractivity contribution in [2.45, 2.75) is 32.6 Å². The fourth-order valence-electron chi connectivity index (χ4n) is 4.37. The number of sulfonamides is 1. The molecule has 1 aromatic heterocycles. The summed E-state index contributed by atoms with van der Waals surface area (Å²) >= 11 is 0. The highest BCUT2D eigenvalue weighted by Crippen LogP contribution is 2.23. The molecular formula is C25H29N3O3S. The van der Waals surface area contributed by atoms with E-state index in [2.05, 4.69) is 30.5 Å². The van der Waals surface area contributed by atoms with Crippen molar-refractivity contribution in [2.75, 3.05) is 26.2 Å². The van der Waals surface area contributed by atoms with Gasteiger partial charge in [-0.05, 0) is 75.7 Å². The van der Waals surface area contributed by atoms with E-state index < -0.39 is 10.0 Å². The zero-order valence-electron chi connectivity index (χ0n) is 19.0. The molecule has 168 valence electrons. The van der Waals surface area contributed by atoms with Crippen LogP contribution in [0.25, 0.3) is 5.69 Å². The van der Waals surface area contributed by atoms with E-state index in [0.29, 0.717) is 36.6 Å². The number of carbonyl (C=O) groups excluding carboxylic acids is 1. The standard InChI is InChI=1S/C25H29N3O3S/c1-18-5-12-24(19(2)17-18)32(30,31)27-15-13-26(14-16-27)25(29)22-8-10-23(11-9-22)28-20(3)6-7-21(28)4/h5-12,17H,13-16H2,1-4H3. The molecule has 0 unspecified atom stereocenters. The summed E-state index contributed by atoms with van der Waals surface area (Å²) in [4.78, 5) is 15.1. The average Bonchev–Trinajstić information content (AvgIpc) is 3.11. The van der Waals surface area contributed by atoms with Crippen LogP contribution in [0, 0.1) is 27.7 Å². The van der Waals surface area contributed by atoms with Gasteiger partial charge in [0.2, 0.25) is 10.0 Å². The fraction of sp³-hybridized carbons (Fsp3) is 0.320. The summed E-state index contributed by atoms with van der Waals surface area (Å²) in [6.07, 6.45) is 0. The maximum absolute atomic E-state index is 13.1. The van der Waals surface area contributed by atoms with E-state index in [9.17, 15) is 13.2 Å². The lowest BCUT2D eigenvalue weighted by Crippen LogP contribution is -2.50. The number of rotatable bonds is 4. The SMILES string of the molecule is Cc1ccc(S(=O)(=O)N2CCN(C(=O)c3ccc(-n4c(C)ccc4C)cc3)CC2)c(C)c1. The Bertz CT molecular complexity index is 1230. The molecule has 4 rings (SSSR count). The van der Waals surface area contributed by atoms with Crippen LogP contribution in [-0.4, -0.2) is 54.3 Å². The van der Waals surface area contributed by atoms with Crippen LogP contribution < -0.4 is 0 Å². The summed E-state index contributed by atoms with van der Waals surface area (Å²) in [5.74, 6) is -0.0685. The van der Waals surface area contributed by atoms with Gasteiger partial charge in [0, 0.05) is 48.8 Å². The molecular weight excluding hydrogens is 422 g/mol. The van der Waals surface area contributed by atoms with Crippen molar-refractivity contribution in [2.24, 2.45) is 0 Å². The number of carbonyl (C=O) groups is 1. The number of aryl methyl sites for hydroxylation is 4. The first-order chi connectivity index (χ1) is 15.2. The summed E-state index contributed by atoms with van der Waals surface area (Å²) in [6, 6.07) is 17.1. The number of benzene rings is 2. The topological polar surface area (TPSA) is 62.6 Å². The molecule has 1 aliphatic rings. The molecule has 0 atom stereocenters. The lowest BCUT2D eigenvalue weighted by atomic mass is 10.1. The lowest BCUT2D eigenvalue weighted by molar-refractivity contribution is 0.0698. The first-order valence-corrected chi connectivity index (χ1v) is 12.2. The Labute approximate surface area is 190 Å². The molecule has 0 N–H and O–H groups in total. The van der Waals surface area contributed by atoms with Crippen LogP contribution in [0.5, 0.6) is 0 Å². The first-order valence-electron chi connectivity index (χ1n) is 10.8. The van der Waals surface area contributed by atoms with E-state index in [-0.39, 0.29) is 5.91 Å². The molecule has 6 nitrogen and oxygen atoms in total. The normalized spacial score (nSPS) is 15.2. The van der Waals surface area contributed by atoms with Crippen molar-refractivity contribution in [1.29, 1.82) is 0 Å². The monoisotopic (exact) mass is 451 g/mol. The van der Waals surface area contributed by atoms with Crippen molar-refractivity contribution >= 4 is 15.9 Å². The van der Waals surface area contributed by atoms with Crippen molar-refractivity contribution in [3.63, 3.8) is 0 Å². The maximum Gasteiger partial charge on any atom is 0.253 e. The van der Waals surface area contributed by atoms with E-state index in [4.69, 9.17) is 0 Å². The second-order valence-corrected chi connectivity index (χ2v) is 10.4. The quantitative estimate of drug-likeness (QED) is 0.605. The molecule has 1 amide bonds. The van der Waals surface area contributed by atoms with Crippen LogP contribution in [0.4, 0.5) is 0 Å². The van der Waals surface area contributed by atoms with Crippen LogP contribution in [-0.2, 0) is 10.0 Å². The number of aromatic nitrogens is 1. The maximum atomic E-state index is 13.1. The lowest BCUT2D eigenvalue weighted by Gasteiger charge is -2.34. The molecule has 0 bridgehead atoms. The van der Waals surface area contributed by atoms with E-state index >= 15 is 0 Å². The molecule has 2 heterocycles. The van der Waals surface area contributed by atoms with Gasteiger partial charge in [0.05, 0.1) is 4.90 Å². The van der Waals surface area contributed by atoms with Gasteiger partial charge < -0.3 is 9.47 Å². The minimum absolute atomic E-state index is 0.0685. The number of hydrogen-bond acceptors (Lipinski definition) is 3. The van der Waals surface area contributed by atoms with Gasteiger partial charge in [0.15, 0.2) is 0 Å². The highest BCUT2D eigenvalue weighted by molar-refractivity contribution is 7.89. The second-order valence-electron chi connectivity index (χ2n) is 8.46. The van der Waals surface area contributed by atoms with Crippen molar-refractivity contribution in [3.8, 4) is 5.69 Å². The smallest absolute Gasteiger partial charge is 0.253 e. The van der Waals surface area contributed by atoms with E-state index in [0.717, 1.165) is 28.2 Å². The number of nitrogens with zero attached hydrogens (tertiary/aromatic N) is 3. The minimum atomic E-state index is -3.57. The third-order valence-electron chi connectivity index (χ3n) is 6.12. The van der Waals surface area contributed by atoms with Crippen LogP contribution in [0.15, 0.2) is 59.5 Å².